The lowest BCUT2D eigenvalue weighted by Gasteiger charge is -2.19. The number of halogens is 2. The summed E-state index contributed by atoms with van der Waals surface area (Å²) in [5.74, 6) is 0.531. The third kappa shape index (κ3) is 2.30. The molecule has 0 radical (unpaired) electrons. The lowest BCUT2D eigenvalue weighted by molar-refractivity contribution is 0.106. The van der Waals surface area contributed by atoms with Crippen molar-refractivity contribution >= 4 is 15.9 Å². The van der Waals surface area contributed by atoms with Crippen molar-refractivity contribution in [3.05, 3.63) is 34.1 Å². The SMILES string of the molecule is CC1CCC(C(O)c2cccc(Br)c2F)C1. The Morgan fingerprint density at radius 3 is 2.81 bits per heavy atom. The summed E-state index contributed by atoms with van der Waals surface area (Å²) in [5, 5.41) is 10.2. The zero-order chi connectivity index (χ0) is 11.7. The zero-order valence-corrected chi connectivity index (χ0v) is 10.9. The molecule has 1 fully saturated rings. The standard InChI is InChI=1S/C13H16BrFO/c1-8-5-6-9(7-8)13(16)10-3-2-4-11(14)12(10)15/h2-4,8-9,13,16H,5-7H2,1H3. The van der Waals surface area contributed by atoms with Crippen LogP contribution in [0, 0.1) is 17.7 Å². The first-order chi connectivity index (χ1) is 7.59. The molecule has 88 valence electrons. The van der Waals surface area contributed by atoms with E-state index < -0.39 is 6.10 Å². The van der Waals surface area contributed by atoms with Crippen LogP contribution in [0.4, 0.5) is 4.39 Å². The highest BCUT2D eigenvalue weighted by Crippen LogP contribution is 2.40. The highest BCUT2D eigenvalue weighted by molar-refractivity contribution is 9.10. The topological polar surface area (TPSA) is 20.2 Å². The van der Waals surface area contributed by atoms with E-state index in [-0.39, 0.29) is 11.7 Å². The summed E-state index contributed by atoms with van der Waals surface area (Å²) in [4.78, 5) is 0. The van der Waals surface area contributed by atoms with Crippen molar-refractivity contribution < 1.29 is 9.50 Å². The molecule has 2 rings (SSSR count). The van der Waals surface area contributed by atoms with Crippen LogP contribution in [0.1, 0.15) is 37.9 Å². The number of rotatable bonds is 2. The Bertz CT molecular complexity index is 380. The second kappa shape index (κ2) is 4.84. The van der Waals surface area contributed by atoms with Gasteiger partial charge >= 0.3 is 0 Å². The molecular weight excluding hydrogens is 271 g/mol. The molecule has 1 aromatic carbocycles. The Morgan fingerprint density at radius 1 is 1.44 bits per heavy atom. The third-order valence-corrected chi connectivity index (χ3v) is 4.09. The number of benzene rings is 1. The van der Waals surface area contributed by atoms with E-state index in [0.717, 1.165) is 19.3 Å². The predicted octanol–water partition coefficient (Wildman–Crippen LogP) is 4.06. The molecule has 0 aromatic heterocycles. The summed E-state index contributed by atoms with van der Waals surface area (Å²) < 4.78 is 14.2. The van der Waals surface area contributed by atoms with Crippen molar-refractivity contribution in [3.8, 4) is 0 Å². The van der Waals surface area contributed by atoms with E-state index >= 15 is 0 Å². The summed E-state index contributed by atoms with van der Waals surface area (Å²) in [7, 11) is 0. The zero-order valence-electron chi connectivity index (χ0n) is 9.29. The summed E-state index contributed by atoms with van der Waals surface area (Å²) >= 11 is 3.15. The van der Waals surface area contributed by atoms with Crippen LogP contribution >= 0.6 is 15.9 Å². The van der Waals surface area contributed by atoms with Gasteiger partial charge in [0.25, 0.3) is 0 Å². The molecule has 0 spiro atoms. The largest absolute Gasteiger partial charge is 0.388 e. The average molecular weight is 287 g/mol. The van der Waals surface area contributed by atoms with Gasteiger partial charge in [0.1, 0.15) is 5.82 Å². The Morgan fingerprint density at radius 2 is 2.19 bits per heavy atom. The van der Waals surface area contributed by atoms with Crippen molar-refractivity contribution in [2.24, 2.45) is 11.8 Å². The molecular formula is C13H16BrFO. The predicted molar refractivity (Wildman–Crippen MR) is 65.6 cm³/mol. The molecule has 0 heterocycles. The van der Waals surface area contributed by atoms with Crippen molar-refractivity contribution in [1.29, 1.82) is 0 Å². The van der Waals surface area contributed by atoms with Gasteiger partial charge in [0, 0.05) is 5.56 Å². The first-order valence-electron chi connectivity index (χ1n) is 5.71. The summed E-state index contributed by atoms with van der Waals surface area (Å²) in [6, 6.07) is 5.10. The van der Waals surface area contributed by atoms with E-state index in [4.69, 9.17) is 0 Å². The maximum absolute atomic E-state index is 13.8. The van der Waals surface area contributed by atoms with E-state index in [1.165, 1.54) is 0 Å². The van der Waals surface area contributed by atoms with Crippen molar-refractivity contribution in [3.63, 3.8) is 0 Å². The smallest absolute Gasteiger partial charge is 0.143 e. The fourth-order valence-electron chi connectivity index (χ4n) is 2.54. The fourth-order valence-corrected chi connectivity index (χ4v) is 2.92. The Hall–Kier alpha value is -0.410. The Balaban J connectivity index is 2.20. The van der Waals surface area contributed by atoms with E-state index in [0.29, 0.717) is 16.0 Å². The molecule has 16 heavy (non-hydrogen) atoms. The van der Waals surface area contributed by atoms with Crippen LogP contribution in [0.2, 0.25) is 0 Å². The molecule has 1 N–H and O–H groups in total. The molecule has 1 nitrogen and oxygen atoms in total. The molecule has 1 saturated carbocycles. The summed E-state index contributed by atoms with van der Waals surface area (Å²) in [6.45, 7) is 2.18. The third-order valence-electron chi connectivity index (χ3n) is 3.48. The van der Waals surface area contributed by atoms with E-state index in [1.807, 2.05) is 0 Å². The molecule has 3 unspecified atom stereocenters. The molecule has 0 saturated heterocycles. The van der Waals surface area contributed by atoms with Gasteiger partial charge < -0.3 is 5.11 Å². The molecule has 1 aromatic rings. The minimum absolute atomic E-state index is 0.207. The van der Waals surface area contributed by atoms with Crippen LogP contribution in [0.15, 0.2) is 22.7 Å². The summed E-state index contributed by atoms with van der Waals surface area (Å²) in [6.07, 6.45) is 2.46. The van der Waals surface area contributed by atoms with E-state index in [1.54, 1.807) is 18.2 Å². The van der Waals surface area contributed by atoms with E-state index in [2.05, 4.69) is 22.9 Å². The van der Waals surface area contributed by atoms with Crippen LogP contribution < -0.4 is 0 Å². The van der Waals surface area contributed by atoms with Crippen molar-refractivity contribution in [1.82, 2.24) is 0 Å². The van der Waals surface area contributed by atoms with Gasteiger partial charge in [0.15, 0.2) is 0 Å². The minimum atomic E-state index is -0.664. The maximum Gasteiger partial charge on any atom is 0.143 e. The van der Waals surface area contributed by atoms with Crippen molar-refractivity contribution in [2.45, 2.75) is 32.3 Å². The molecule has 3 heteroatoms. The molecule has 1 aliphatic rings. The number of hydrogen-bond acceptors (Lipinski definition) is 1. The lowest BCUT2D eigenvalue weighted by Crippen LogP contribution is -2.11. The van der Waals surface area contributed by atoms with Crippen LogP contribution in [0.5, 0.6) is 0 Å². The normalized spacial score (nSPS) is 27.0. The van der Waals surface area contributed by atoms with Crippen LogP contribution in [0.25, 0.3) is 0 Å². The van der Waals surface area contributed by atoms with Gasteiger partial charge in [-0.25, -0.2) is 4.39 Å². The van der Waals surface area contributed by atoms with Gasteiger partial charge in [-0.15, -0.1) is 0 Å². The number of aliphatic hydroxyl groups is 1. The van der Waals surface area contributed by atoms with Gasteiger partial charge in [0.2, 0.25) is 0 Å². The van der Waals surface area contributed by atoms with Crippen LogP contribution in [-0.4, -0.2) is 5.11 Å². The van der Waals surface area contributed by atoms with Crippen LogP contribution in [0.3, 0.4) is 0 Å². The molecule has 0 amide bonds. The second-order valence-corrected chi connectivity index (χ2v) is 5.62. The number of hydrogen-bond donors (Lipinski definition) is 1. The number of aliphatic hydroxyl groups excluding tert-OH is 1. The quantitative estimate of drug-likeness (QED) is 0.869. The fraction of sp³-hybridized carbons (Fsp3) is 0.538. The first kappa shape index (κ1) is 12.1. The highest BCUT2D eigenvalue weighted by Gasteiger charge is 2.30. The highest BCUT2D eigenvalue weighted by atomic mass is 79.9. The average Bonchev–Trinajstić information content (AvgIpc) is 2.68. The van der Waals surface area contributed by atoms with Gasteiger partial charge in [-0.3, -0.25) is 0 Å². The summed E-state index contributed by atoms with van der Waals surface area (Å²) in [5.41, 5.74) is 0.425. The monoisotopic (exact) mass is 286 g/mol. The minimum Gasteiger partial charge on any atom is -0.388 e. The lowest BCUT2D eigenvalue weighted by atomic mass is 9.93. The Kier molecular flexibility index (Phi) is 3.65. The van der Waals surface area contributed by atoms with Crippen LogP contribution in [-0.2, 0) is 0 Å². The van der Waals surface area contributed by atoms with Gasteiger partial charge in [-0.2, -0.15) is 0 Å². The van der Waals surface area contributed by atoms with Gasteiger partial charge in [0.05, 0.1) is 10.6 Å². The van der Waals surface area contributed by atoms with Gasteiger partial charge in [-0.05, 0) is 46.7 Å². The van der Waals surface area contributed by atoms with Gasteiger partial charge in [-0.1, -0.05) is 25.5 Å². The molecule has 1 aliphatic carbocycles. The van der Waals surface area contributed by atoms with Crippen molar-refractivity contribution in [2.75, 3.05) is 0 Å². The molecule has 3 atom stereocenters. The van der Waals surface area contributed by atoms with E-state index in [9.17, 15) is 9.50 Å². The molecule has 0 bridgehead atoms. The molecule has 0 aliphatic heterocycles. The Labute approximate surface area is 104 Å². The maximum atomic E-state index is 13.8. The first-order valence-corrected chi connectivity index (χ1v) is 6.51. The second-order valence-electron chi connectivity index (χ2n) is 4.77.